The molecule has 0 unspecified atom stereocenters. The van der Waals surface area contributed by atoms with Gasteiger partial charge in [-0.05, 0) is 42.3 Å². The molecule has 1 fully saturated rings. The van der Waals surface area contributed by atoms with Crippen LogP contribution in [-0.2, 0) is 16.1 Å². The molecule has 0 bridgehead atoms. The van der Waals surface area contributed by atoms with E-state index in [2.05, 4.69) is 15.6 Å². The number of pyridine rings is 1. The van der Waals surface area contributed by atoms with Crippen molar-refractivity contribution in [3.63, 3.8) is 0 Å². The molecule has 1 aromatic heterocycles. The summed E-state index contributed by atoms with van der Waals surface area (Å²) >= 11 is 0. The maximum atomic E-state index is 12.1. The van der Waals surface area contributed by atoms with Crippen molar-refractivity contribution >= 4 is 23.4 Å². The van der Waals surface area contributed by atoms with Crippen LogP contribution in [0.2, 0.25) is 0 Å². The number of rotatable bonds is 6. The van der Waals surface area contributed by atoms with Crippen molar-refractivity contribution < 1.29 is 14.4 Å². The van der Waals surface area contributed by atoms with Gasteiger partial charge in [0.25, 0.3) is 5.91 Å². The van der Waals surface area contributed by atoms with Crippen molar-refractivity contribution in [1.82, 2.24) is 15.6 Å². The Morgan fingerprint density at radius 3 is 2.58 bits per heavy atom. The molecular formula is C19H20N4O3. The van der Waals surface area contributed by atoms with Crippen molar-refractivity contribution in [1.29, 1.82) is 0 Å². The van der Waals surface area contributed by atoms with E-state index in [1.165, 1.54) is 0 Å². The molecule has 0 saturated carbocycles. The van der Waals surface area contributed by atoms with Gasteiger partial charge in [0.2, 0.25) is 11.8 Å². The monoisotopic (exact) mass is 352 g/mol. The van der Waals surface area contributed by atoms with Crippen LogP contribution in [-0.4, -0.2) is 35.8 Å². The molecule has 0 spiro atoms. The highest BCUT2D eigenvalue weighted by Gasteiger charge is 2.21. The summed E-state index contributed by atoms with van der Waals surface area (Å²) in [5, 5.41) is 5.30. The van der Waals surface area contributed by atoms with Crippen molar-refractivity contribution in [3.05, 3.63) is 59.9 Å². The number of hydrogen-bond donors (Lipinski definition) is 2. The van der Waals surface area contributed by atoms with Crippen LogP contribution < -0.4 is 15.5 Å². The van der Waals surface area contributed by atoms with E-state index in [-0.39, 0.29) is 24.3 Å². The summed E-state index contributed by atoms with van der Waals surface area (Å²) in [6, 6.07) is 10.5. The van der Waals surface area contributed by atoms with Crippen LogP contribution >= 0.6 is 0 Å². The zero-order valence-corrected chi connectivity index (χ0v) is 14.3. The zero-order valence-electron chi connectivity index (χ0n) is 14.3. The summed E-state index contributed by atoms with van der Waals surface area (Å²) in [5.74, 6) is -0.505. The van der Waals surface area contributed by atoms with E-state index in [0.29, 0.717) is 25.1 Å². The number of amides is 3. The first-order valence-electron chi connectivity index (χ1n) is 8.48. The normalized spacial score (nSPS) is 13.5. The number of hydrogen-bond acceptors (Lipinski definition) is 4. The molecule has 26 heavy (non-hydrogen) atoms. The average Bonchev–Trinajstić information content (AvgIpc) is 3.11. The fourth-order valence-corrected chi connectivity index (χ4v) is 2.74. The Morgan fingerprint density at radius 2 is 1.92 bits per heavy atom. The smallest absolute Gasteiger partial charge is 0.251 e. The third-order valence-electron chi connectivity index (χ3n) is 4.14. The van der Waals surface area contributed by atoms with E-state index in [0.717, 1.165) is 17.7 Å². The lowest BCUT2D eigenvalue weighted by atomic mass is 10.2. The molecule has 0 atom stereocenters. The van der Waals surface area contributed by atoms with Crippen LogP contribution in [0.1, 0.15) is 28.8 Å². The molecule has 1 aromatic carbocycles. The largest absolute Gasteiger partial charge is 0.350 e. The number of carbonyl (C=O) groups is 3. The van der Waals surface area contributed by atoms with Gasteiger partial charge in [-0.3, -0.25) is 19.4 Å². The molecule has 2 aromatic rings. The topological polar surface area (TPSA) is 91.4 Å². The standard InChI is InChI=1S/C19H20N4O3/c24-17(21-12-14-3-1-9-20-11-14)13-22-19(26)15-5-7-16(8-6-15)23-10-2-4-18(23)25/h1,3,5-9,11H,2,4,10,12-13H2,(H,21,24)(H,22,26). The van der Waals surface area contributed by atoms with Gasteiger partial charge >= 0.3 is 0 Å². The summed E-state index contributed by atoms with van der Waals surface area (Å²) < 4.78 is 0. The molecule has 0 aliphatic carbocycles. The first-order valence-corrected chi connectivity index (χ1v) is 8.48. The number of anilines is 1. The predicted molar refractivity (Wildman–Crippen MR) is 96.4 cm³/mol. The Bertz CT molecular complexity index is 790. The Morgan fingerprint density at radius 1 is 1.12 bits per heavy atom. The SMILES string of the molecule is O=C(CNC(=O)c1ccc(N2CCCC2=O)cc1)NCc1cccnc1. The Hall–Kier alpha value is -3.22. The van der Waals surface area contributed by atoms with Gasteiger partial charge in [-0.2, -0.15) is 0 Å². The van der Waals surface area contributed by atoms with E-state index in [1.807, 2.05) is 6.07 Å². The van der Waals surface area contributed by atoms with Gasteiger partial charge in [0.1, 0.15) is 0 Å². The van der Waals surface area contributed by atoms with Crippen LogP contribution in [0.3, 0.4) is 0 Å². The molecule has 7 heteroatoms. The molecule has 1 aliphatic heterocycles. The van der Waals surface area contributed by atoms with Crippen molar-refractivity contribution in [3.8, 4) is 0 Å². The van der Waals surface area contributed by atoms with Gasteiger partial charge in [-0.25, -0.2) is 0 Å². The average molecular weight is 352 g/mol. The van der Waals surface area contributed by atoms with Gasteiger partial charge in [0.15, 0.2) is 0 Å². The molecular weight excluding hydrogens is 332 g/mol. The molecule has 7 nitrogen and oxygen atoms in total. The van der Waals surface area contributed by atoms with E-state index >= 15 is 0 Å². The lowest BCUT2D eigenvalue weighted by Gasteiger charge is -2.15. The third kappa shape index (κ3) is 4.44. The van der Waals surface area contributed by atoms with Gasteiger partial charge in [-0.15, -0.1) is 0 Å². The van der Waals surface area contributed by atoms with E-state index in [1.54, 1.807) is 47.6 Å². The summed E-state index contributed by atoms with van der Waals surface area (Å²) in [7, 11) is 0. The van der Waals surface area contributed by atoms with Gasteiger partial charge < -0.3 is 15.5 Å². The molecule has 2 heterocycles. The van der Waals surface area contributed by atoms with Crippen molar-refractivity contribution in [2.24, 2.45) is 0 Å². The fourth-order valence-electron chi connectivity index (χ4n) is 2.74. The minimum absolute atomic E-state index is 0.104. The van der Waals surface area contributed by atoms with Crippen LogP contribution in [0.25, 0.3) is 0 Å². The van der Waals surface area contributed by atoms with Crippen molar-refractivity contribution in [2.75, 3.05) is 18.0 Å². The van der Waals surface area contributed by atoms with E-state index in [9.17, 15) is 14.4 Å². The predicted octanol–water partition coefficient (Wildman–Crippen LogP) is 1.25. The maximum Gasteiger partial charge on any atom is 0.251 e. The number of carbonyl (C=O) groups excluding carboxylic acids is 3. The fraction of sp³-hybridized carbons (Fsp3) is 0.263. The minimum atomic E-state index is -0.333. The maximum absolute atomic E-state index is 12.1. The second kappa shape index (κ2) is 8.24. The van der Waals surface area contributed by atoms with Crippen molar-refractivity contribution in [2.45, 2.75) is 19.4 Å². The molecule has 3 amide bonds. The van der Waals surface area contributed by atoms with Crippen LogP contribution in [0, 0.1) is 0 Å². The number of aromatic nitrogens is 1. The highest BCUT2D eigenvalue weighted by atomic mass is 16.2. The first kappa shape index (κ1) is 17.6. The van der Waals surface area contributed by atoms with Gasteiger partial charge in [0, 0.05) is 43.2 Å². The molecule has 1 aliphatic rings. The molecule has 1 saturated heterocycles. The highest BCUT2D eigenvalue weighted by molar-refractivity contribution is 5.98. The number of benzene rings is 1. The lowest BCUT2D eigenvalue weighted by molar-refractivity contribution is -0.120. The number of nitrogens with one attached hydrogen (secondary N) is 2. The van der Waals surface area contributed by atoms with E-state index in [4.69, 9.17) is 0 Å². The molecule has 2 N–H and O–H groups in total. The molecule has 3 rings (SSSR count). The third-order valence-corrected chi connectivity index (χ3v) is 4.14. The van der Waals surface area contributed by atoms with Crippen LogP contribution in [0.4, 0.5) is 5.69 Å². The van der Waals surface area contributed by atoms with E-state index < -0.39 is 0 Å². The van der Waals surface area contributed by atoms with Crippen LogP contribution in [0.5, 0.6) is 0 Å². The second-order valence-electron chi connectivity index (χ2n) is 6.02. The lowest BCUT2D eigenvalue weighted by Crippen LogP contribution is -2.36. The quantitative estimate of drug-likeness (QED) is 0.819. The Kier molecular flexibility index (Phi) is 5.58. The zero-order chi connectivity index (χ0) is 18.4. The summed E-state index contributed by atoms with van der Waals surface area (Å²) in [4.78, 5) is 41.4. The minimum Gasteiger partial charge on any atom is -0.350 e. The van der Waals surface area contributed by atoms with Crippen LogP contribution in [0.15, 0.2) is 48.8 Å². The van der Waals surface area contributed by atoms with Gasteiger partial charge in [0.05, 0.1) is 6.54 Å². The summed E-state index contributed by atoms with van der Waals surface area (Å²) in [6.45, 7) is 0.966. The number of nitrogens with zero attached hydrogens (tertiary/aromatic N) is 2. The Labute approximate surface area is 151 Å². The molecule has 0 radical (unpaired) electrons. The summed E-state index contributed by atoms with van der Waals surface area (Å²) in [5.41, 5.74) is 2.12. The van der Waals surface area contributed by atoms with Gasteiger partial charge in [-0.1, -0.05) is 6.07 Å². The molecule has 134 valence electrons. The Balaban J connectivity index is 1.47. The second-order valence-corrected chi connectivity index (χ2v) is 6.02. The first-order chi connectivity index (χ1) is 12.6. The highest BCUT2D eigenvalue weighted by Crippen LogP contribution is 2.21. The summed E-state index contributed by atoms with van der Waals surface area (Å²) in [6.07, 6.45) is 4.76.